The molecule has 0 amide bonds. The van der Waals surface area contributed by atoms with Crippen molar-refractivity contribution in [3.05, 3.63) is 0 Å². The Bertz CT molecular complexity index is 140. The monoisotopic (exact) mass is 212 g/mol. The molecule has 0 unspecified atom stereocenters. The van der Waals surface area contributed by atoms with E-state index in [1.807, 2.05) is 0 Å². The Labute approximate surface area is 95.6 Å². The summed E-state index contributed by atoms with van der Waals surface area (Å²) in [4.78, 5) is 10.7. The van der Waals surface area contributed by atoms with E-state index in [1.165, 1.54) is 57.8 Å². The van der Waals surface area contributed by atoms with E-state index in [0.29, 0.717) is 5.78 Å². The molecule has 90 valence electrons. The minimum atomic E-state index is 0.342. The lowest BCUT2D eigenvalue weighted by Crippen LogP contribution is -1.89. The van der Waals surface area contributed by atoms with Crippen molar-refractivity contribution in [2.24, 2.45) is 0 Å². The molecule has 0 aromatic heterocycles. The van der Waals surface area contributed by atoms with Crippen LogP contribution in [0.3, 0.4) is 0 Å². The van der Waals surface area contributed by atoms with Gasteiger partial charge in [0.25, 0.3) is 0 Å². The van der Waals surface area contributed by atoms with Crippen molar-refractivity contribution in [1.29, 1.82) is 0 Å². The summed E-state index contributed by atoms with van der Waals surface area (Å²) in [6.45, 7) is 3.95. The van der Waals surface area contributed by atoms with E-state index in [1.54, 1.807) is 6.92 Å². The van der Waals surface area contributed by atoms with Crippen LogP contribution in [0.1, 0.15) is 84.5 Å². The zero-order chi connectivity index (χ0) is 11.4. The van der Waals surface area contributed by atoms with Crippen LogP contribution in [-0.2, 0) is 4.79 Å². The van der Waals surface area contributed by atoms with E-state index >= 15 is 0 Å². The van der Waals surface area contributed by atoms with Crippen molar-refractivity contribution in [2.45, 2.75) is 84.5 Å². The molecule has 1 heteroatoms. The van der Waals surface area contributed by atoms with E-state index in [2.05, 4.69) is 6.92 Å². The predicted octanol–water partition coefficient (Wildman–Crippen LogP) is 4.89. The van der Waals surface area contributed by atoms with Crippen molar-refractivity contribution < 1.29 is 4.79 Å². The minimum absolute atomic E-state index is 0.342. The van der Waals surface area contributed by atoms with Crippen LogP contribution in [0.5, 0.6) is 0 Å². The highest BCUT2D eigenvalue weighted by atomic mass is 16.1. The highest BCUT2D eigenvalue weighted by Gasteiger charge is 1.94. The van der Waals surface area contributed by atoms with Gasteiger partial charge in [-0.05, 0) is 13.3 Å². The highest BCUT2D eigenvalue weighted by molar-refractivity contribution is 5.75. The quantitative estimate of drug-likeness (QED) is 0.446. The largest absolute Gasteiger partial charge is 0.300 e. The molecule has 0 aromatic rings. The van der Waals surface area contributed by atoms with Gasteiger partial charge in [0.2, 0.25) is 0 Å². The smallest absolute Gasteiger partial charge is 0.129 e. The zero-order valence-corrected chi connectivity index (χ0v) is 10.7. The first-order chi connectivity index (χ1) is 7.27. The van der Waals surface area contributed by atoms with Crippen LogP contribution in [0.15, 0.2) is 0 Å². The Balaban J connectivity index is 2.89. The van der Waals surface area contributed by atoms with Crippen LogP contribution in [0, 0.1) is 0 Å². The topological polar surface area (TPSA) is 17.1 Å². The van der Waals surface area contributed by atoms with Gasteiger partial charge in [0.15, 0.2) is 0 Å². The summed E-state index contributed by atoms with van der Waals surface area (Å²) in [5, 5.41) is 0. The first-order valence-electron chi connectivity index (χ1n) is 6.76. The fourth-order valence-electron chi connectivity index (χ4n) is 1.86. The van der Waals surface area contributed by atoms with Gasteiger partial charge in [0.05, 0.1) is 0 Å². The number of rotatable bonds is 11. The average molecular weight is 212 g/mol. The first-order valence-corrected chi connectivity index (χ1v) is 6.76. The number of carbonyl (C=O) groups excluding carboxylic acids is 1. The Morgan fingerprint density at radius 2 is 1.13 bits per heavy atom. The van der Waals surface area contributed by atoms with Crippen LogP contribution in [-0.4, -0.2) is 5.78 Å². The maximum absolute atomic E-state index is 10.7. The Hall–Kier alpha value is -0.330. The number of hydrogen-bond donors (Lipinski definition) is 0. The second kappa shape index (κ2) is 11.7. The lowest BCUT2D eigenvalue weighted by Gasteiger charge is -2.01. The van der Waals surface area contributed by atoms with Gasteiger partial charge in [0, 0.05) is 6.42 Å². The van der Waals surface area contributed by atoms with Gasteiger partial charge >= 0.3 is 0 Å². The maximum atomic E-state index is 10.7. The van der Waals surface area contributed by atoms with Crippen molar-refractivity contribution in [3.8, 4) is 0 Å². The molecule has 1 nitrogen and oxygen atoms in total. The number of Topliss-reactive ketones (excluding diaryl/α,β-unsaturated/α-hetero) is 1. The summed E-state index contributed by atoms with van der Waals surface area (Å²) in [7, 11) is 0. The van der Waals surface area contributed by atoms with Crippen molar-refractivity contribution >= 4 is 5.78 Å². The molecule has 0 aliphatic rings. The Morgan fingerprint density at radius 1 is 0.733 bits per heavy atom. The molecule has 15 heavy (non-hydrogen) atoms. The molecule has 0 fully saturated rings. The standard InChI is InChI=1S/C14H28O/c1-3-4-5-6-7-8-9-10-11-12-13-14(2)15/h3-13H2,1-2H3. The molecule has 0 radical (unpaired) electrons. The molecule has 0 rings (SSSR count). The molecule has 0 heterocycles. The molecular weight excluding hydrogens is 184 g/mol. The predicted molar refractivity (Wildman–Crippen MR) is 67.1 cm³/mol. The number of hydrogen-bond acceptors (Lipinski definition) is 1. The summed E-state index contributed by atoms with van der Waals surface area (Å²) in [6.07, 6.45) is 14.2. The molecule has 0 aliphatic carbocycles. The van der Waals surface area contributed by atoms with Gasteiger partial charge in [-0.3, -0.25) is 0 Å². The summed E-state index contributed by atoms with van der Waals surface area (Å²) in [6, 6.07) is 0. The normalized spacial score (nSPS) is 10.5. The number of carbonyl (C=O) groups is 1. The zero-order valence-electron chi connectivity index (χ0n) is 10.7. The fourth-order valence-corrected chi connectivity index (χ4v) is 1.86. The molecule has 0 saturated heterocycles. The van der Waals surface area contributed by atoms with Crippen molar-refractivity contribution in [3.63, 3.8) is 0 Å². The lowest BCUT2D eigenvalue weighted by molar-refractivity contribution is -0.117. The third-order valence-corrected chi connectivity index (χ3v) is 2.88. The number of ketones is 1. The molecule has 0 N–H and O–H groups in total. The molecular formula is C14H28O. The average Bonchev–Trinajstić information content (AvgIpc) is 2.20. The van der Waals surface area contributed by atoms with Crippen molar-refractivity contribution in [1.82, 2.24) is 0 Å². The molecule has 0 saturated carbocycles. The van der Waals surface area contributed by atoms with Gasteiger partial charge in [-0.1, -0.05) is 64.7 Å². The Morgan fingerprint density at radius 3 is 1.53 bits per heavy atom. The highest BCUT2D eigenvalue weighted by Crippen LogP contribution is 2.11. The molecule has 0 aliphatic heterocycles. The van der Waals surface area contributed by atoms with Crippen LogP contribution < -0.4 is 0 Å². The summed E-state index contributed by atoms with van der Waals surface area (Å²) in [5.41, 5.74) is 0. The molecule has 0 spiro atoms. The van der Waals surface area contributed by atoms with Gasteiger partial charge in [-0.15, -0.1) is 0 Å². The minimum Gasteiger partial charge on any atom is -0.300 e. The third kappa shape index (κ3) is 13.7. The summed E-state index contributed by atoms with van der Waals surface area (Å²) < 4.78 is 0. The summed E-state index contributed by atoms with van der Waals surface area (Å²) in [5.74, 6) is 0.342. The van der Waals surface area contributed by atoms with Crippen LogP contribution in [0.2, 0.25) is 0 Å². The van der Waals surface area contributed by atoms with Crippen LogP contribution >= 0.6 is 0 Å². The van der Waals surface area contributed by atoms with Crippen LogP contribution in [0.4, 0.5) is 0 Å². The van der Waals surface area contributed by atoms with Crippen molar-refractivity contribution in [2.75, 3.05) is 0 Å². The van der Waals surface area contributed by atoms with Gasteiger partial charge < -0.3 is 4.79 Å². The van der Waals surface area contributed by atoms with Crippen LogP contribution in [0.25, 0.3) is 0 Å². The van der Waals surface area contributed by atoms with E-state index in [9.17, 15) is 4.79 Å². The molecule has 0 bridgehead atoms. The third-order valence-electron chi connectivity index (χ3n) is 2.88. The van der Waals surface area contributed by atoms with E-state index in [4.69, 9.17) is 0 Å². The van der Waals surface area contributed by atoms with E-state index in [-0.39, 0.29) is 0 Å². The van der Waals surface area contributed by atoms with Gasteiger partial charge in [0.1, 0.15) is 5.78 Å². The number of unbranched alkanes of at least 4 members (excludes halogenated alkanes) is 9. The lowest BCUT2D eigenvalue weighted by atomic mass is 10.1. The van der Waals surface area contributed by atoms with E-state index < -0.39 is 0 Å². The molecule has 0 atom stereocenters. The second-order valence-electron chi connectivity index (χ2n) is 4.63. The second-order valence-corrected chi connectivity index (χ2v) is 4.63. The molecule has 0 aromatic carbocycles. The van der Waals surface area contributed by atoms with Gasteiger partial charge in [-0.25, -0.2) is 0 Å². The van der Waals surface area contributed by atoms with E-state index in [0.717, 1.165) is 12.8 Å². The SMILES string of the molecule is CCCCCCCCCCCCC(C)=O. The Kier molecular flexibility index (Phi) is 11.5. The van der Waals surface area contributed by atoms with Gasteiger partial charge in [-0.2, -0.15) is 0 Å². The fraction of sp³-hybridized carbons (Fsp3) is 0.929. The summed E-state index contributed by atoms with van der Waals surface area (Å²) >= 11 is 0. The maximum Gasteiger partial charge on any atom is 0.129 e. The first kappa shape index (κ1) is 14.7.